The standard InChI is InChI=1S/C58H101NO5/c1-4-7-10-13-16-19-22-24-26-27-28-29-31-33-36-39-42-45-48-51-58(63)64-54(49-46-43-40-37-34-21-18-15-12-9-6-3)52-57(62)59-55(53-60)56(61)50-47-44-41-38-35-32-30-25-23-20-17-14-11-8-5-2/h9,12,15-16,18-19,21,24,26,34,37,40,43,46,54-56,60-61H,4-8,10-11,13-14,17,20,22-23,25,27-33,35-36,38-39,41-42,44-45,47-53H2,1-3H3,(H,59,62)/b12-9+,18-15+,19-16-,26-24-,34-21-,40-37-,46-43+. The molecule has 0 saturated carbocycles. The van der Waals surface area contributed by atoms with Gasteiger partial charge in [-0.3, -0.25) is 9.59 Å². The van der Waals surface area contributed by atoms with Crippen LogP contribution >= 0.6 is 0 Å². The molecule has 0 aliphatic heterocycles. The zero-order valence-electron chi connectivity index (χ0n) is 41.9. The molecule has 3 unspecified atom stereocenters. The molecule has 0 aromatic carbocycles. The van der Waals surface area contributed by atoms with Crippen molar-refractivity contribution in [3.63, 3.8) is 0 Å². The zero-order valence-corrected chi connectivity index (χ0v) is 41.9. The molecule has 0 saturated heterocycles. The first-order valence-electron chi connectivity index (χ1n) is 26.9. The molecule has 3 atom stereocenters. The smallest absolute Gasteiger partial charge is 0.306 e. The second kappa shape index (κ2) is 51.0. The number of hydrogen-bond acceptors (Lipinski definition) is 5. The molecular formula is C58H101NO5. The zero-order chi connectivity index (χ0) is 46.7. The van der Waals surface area contributed by atoms with Crippen molar-refractivity contribution >= 4 is 11.9 Å². The van der Waals surface area contributed by atoms with E-state index in [4.69, 9.17) is 4.74 Å². The van der Waals surface area contributed by atoms with E-state index in [1.54, 1.807) is 0 Å². The lowest BCUT2D eigenvalue weighted by molar-refractivity contribution is -0.150. The fourth-order valence-electron chi connectivity index (χ4n) is 7.78. The number of esters is 1. The highest BCUT2D eigenvalue weighted by molar-refractivity contribution is 5.77. The summed E-state index contributed by atoms with van der Waals surface area (Å²) in [5, 5.41) is 23.7. The van der Waals surface area contributed by atoms with E-state index in [0.29, 0.717) is 19.3 Å². The van der Waals surface area contributed by atoms with E-state index >= 15 is 0 Å². The maximum Gasteiger partial charge on any atom is 0.306 e. The number of ether oxygens (including phenoxy) is 1. The van der Waals surface area contributed by atoms with Crippen LogP contribution in [0.1, 0.15) is 245 Å². The number of amides is 1. The van der Waals surface area contributed by atoms with Gasteiger partial charge in [-0.2, -0.15) is 0 Å². The van der Waals surface area contributed by atoms with Crippen molar-refractivity contribution < 1.29 is 24.5 Å². The Morgan fingerprint density at radius 3 is 1.42 bits per heavy atom. The molecule has 0 rings (SSSR count). The summed E-state index contributed by atoms with van der Waals surface area (Å²) in [5.74, 6) is -0.613. The van der Waals surface area contributed by atoms with Gasteiger partial charge in [0.05, 0.1) is 25.2 Å². The number of aliphatic hydroxyl groups excluding tert-OH is 2. The van der Waals surface area contributed by atoms with Gasteiger partial charge < -0.3 is 20.3 Å². The van der Waals surface area contributed by atoms with Crippen LogP contribution < -0.4 is 5.32 Å². The summed E-state index contributed by atoms with van der Waals surface area (Å²) in [6.07, 6.45) is 66.7. The van der Waals surface area contributed by atoms with E-state index in [2.05, 4.69) is 56.5 Å². The lowest BCUT2D eigenvalue weighted by Crippen LogP contribution is -2.46. The quantitative estimate of drug-likeness (QED) is 0.0245. The maximum atomic E-state index is 13.2. The van der Waals surface area contributed by atoms with Gasteiger partial charge in [0.15, 0.2) is 0 Å². The molecule has 0 fully saturated rings. The number of rotatable bonds is 47. The van der Waals surface area contributed by atoms with Crippen molar-refractivity contribution in [3.05, 3.63) is 85.1 Å². The molecule has 6 nitrogen and oxygen atoms in total. The first-order valence-corrected chi connectivity index (χ1v) is 26.9. The summed E-state index contributed by atoms with van der Waals surface area (Å²) in [6, 6.07) is -0.744. The molecule has 0 radical (unpaired) electrons. The highest BCUT2D eigenvalue weighted by atomic mass is 16.5. The Balaban J connectivity index is 4.58. The van der Waals surface area contributed by atoms with Crippen molar-refractivity contribution in [1.29, 1.82) is 0 Å². The Bertz CT molecular complexity index is 1230. The Labute approximate surface area is 395 Å². The van der Waals surface area contributed by atoms with Gasteiger partial charge in [-0.05, 0) is 51.4 Å². The van der Waals surface area contributed by atoms with Gasteiger partial charge in [-0.25, -0.2) is 0 Å². The minimum atomic E-state index is -0.822. The predicted molar refractivity (Wildman–Crippen MR) is 278 cm³/mol. The Morgan fingerprint density at radius 1 is 0.500 bits per heavy atom. The van der Waals surface area contributed by atoms with E-state index in [0.717, 1.165) is 51.4 Å². The number of nitrogens with one attached hydrogen (secondary N) is 1. The molecule has 0 aliphatic rings. The fraction of sp³-hybridized carbons (Fsp3) is 0.724. The highest BCUT2D eigenvalue weighted by Crippen LogP contribution is 2.17. The Hall–Kier alpha value is -2.96. The molecule has 0 spiro atoms. The minimum absolute atomic E-state index is 0.0230. The topological polar surface area (TPSA) is 95.9 Å². The van der Waals surface area contributed by atoms with Gasteiger partial charge in [0.2, 0.25) is 5.91 Å². The van der Waals surface area contributed by atoms with Crippen LogP contribution in [0.4, 0.5) is 0 Å². The first-order chi connectivity index (χ1) is 31.5. The third-order valence-corrected chi connectivity index (χ3v) is 11.8. The summed E-state index contributed by atoms with van der Waals surface area (Å²) >= 11 is 0. The van der Waals surface area contributed by atoms with Crippen molar-refractivity contribution in [2.75, 3.05) is 6.61 Å². The molecule has 0 bridgehead atoms. The average Bonchev–Trinajstić information content (AvgIpc) is 3.29. The third-order valence-electron chi connectivity index (χ3n) is 11.8. The molecule has 0 aromatic rings. The van der Waals surface area contributed by atoms with Gasteiger partial charge >= 0.3 is 5.97 Å². The number of allylic oxidation sites excluding steroid dienone is 13. The molecule has 64 heavy (non-hydrogen) atoms. The maximum absolute atomic E-state index is 13.2. The van der Waals surface area contributed by atoms with Crippen molar-refractivity contribution in [1.82, 2.24) is 5.32 Å². The molecule has 0 aliphatic carbocycles. The molecule has 6 heteroatoms. The van der Waals surface area contributed by atoms with Crippen LogP contribution in [-0.2, 0) is 14.3 Å². The SMILES string of the molecule is CC/C=C/C=C/C=C\C=C/C=C/CC(CC(=O)NC(CO)C(O)CCCCCCCCCCCCCCCCC)OC(=O)CCCCCCCCCCC/C=C\C/C=C\CCCCC. The number of hydrogen-bond donors (Lipinski definition) is 3. The van der Waals surface area contributed by atoms with Crippen LogP contribution in [0.2, 0.25) is 0 Å². The molecule has 1 amide bonds. The van der Waals surface area contributed by atoms with E-state index in [-0.39, 0.29) is 24.9 Å². The third kappa shape index (κ3) is 45.6. The second-order valence-corrected chi connectivity index (χ2v) is 18.0. The van der Waals surface area contributed by atoms with Crippen molar-refractivity contribution in [2.45, 2.75) is 264 Å². The number of aliphatic hydroxyl groups is 2. The van der Waals surface area contributed by atoms with E-state index in [9.17, 15) is 19.8 Å². The van der Waals surface area contributed by atoms with E-state index in [1.165, 1.54) is 148 Å². The number of carbonyl (C=O) groups excluding carboxylic acids is 2. The fourth-order valence-corrected chi connectivity index (χ4v) is 7.78. The normalized spacial score (nSPS) is 13.9. The van der Waals surface area contributed by atoms with Gasteiger partial charge in [-0.15, -0.1) is 0 Å². The van der Waals surface area contributed by atoms with Crippen LogP contribution in [0.3, 0.4) is 0 Å². The highest BCUT2D eigenvalue weighted by Gasteiger charge is 2.23. The molecule has 368 valence electrons. The summed E-state index contributed by atoms with van der Waals surface area (Å²) in [5.41, 5.74) is 0. The van der Waals surface area contributed by atoms with Gasteiger partial charge in [0.1, 0.15) is 6.10 Å². The molecule has 0 aromatic heterocycles. The van der Waals surface area contributed by atoms with Crippen molar-refractivity contribution in [3.8, 4) is 0 Å². The van der Waals surface area contributed by atoms with Gasteiger partial charge in [0, 0.05) is 12.8 Å². The summed E-state index contributed by atoms with van der Waals surface area (Å²) in [4.78, 5) is 26.1. The van der Waals surface area contributed by atoms with Crippen LogP contribution in [0, 0.1) is 0 Å². The van der Waals surface area contributed by atoms with Gasteiger partial charge in [0.25, 0.3) is 0 Å². The minimum Gasteiger partial charge on any atom is -0.461 e. The van der Waals surface area contributed by atoms with Gasteiger partial charge in [-0.1, -0.05) is 260 Å². The number of carbonyl (C=O) groups is 2. The summed E-state index contributed by atoms with van der Waals surface area (Å²) < 4.78 is 5.85. The molecule has 3 N–H and O–H groups in total. The van der Waals surface area contributed by atoms with Crippen LogP contribution in [0.25, 0.3) is 0 Å². The Morgan fingerprint density at radius 2 is 0.922 bits per heavy atom. The lowest BCUT2D eigenvalue weighted by Gasteiger charge is -2.24. The molecular weight excluding hydrogens is 791 g/mol. The van der Waals surface area contributed by atoms with Crippen molar-refractivity contribution in [2.24, 2.45) is 0 Å². The largest absolute Gasteiger partial charge is 0.461 e. The number of unbranched alkanes of at least 4 members (excludes halogenated alkanes) is 26. The predicted octanol–water partition coefficient (Wildman–Crippen LogP) is 16.3. The first kappa shape index (κ1) is 61.0. The monoisotopic (exact) mass is 892 g/mol. The molecule has 0 heterocycles. The summed E-state index contributed by atoms with van der Waals surface area (Å²) in [7, 11) is 0. The average molecular weight is 892 g/mol. The van der Waals surface area contributed by atoms with E-state index < -0.39 is 18.2 Å². The van der Waals surface area contributed by atoms with Crippen LogP contribution in [-0.4, -0.2) is 46.9 Å². The van der Waals surface area contributed by atoms with E-state index in [1.807, 2.05) is 54.7 Å². The van der Waals surface area contributed by atoms with Crippen LogP contribution in [0.5, 0.6) is 0 Å². The Kier molecular flexibility index (Phi) is 48.7. The summed E-state index contributed by atoms with van der Waals surface area (Å²) in [6.45, 7) is 6.28. The lowest BCUT2D eigenvalue weighted by atomic mass is 10.0. The van der Waals surface area contributed by atoms with Crippen LogP contribution in [0.15, 0.2) is 85.1 Å². The second-order valence-electron chi connectivity index (χ2n) is 18.0.